The fourth-order valence-electron chi connectivity index (χ4n) is 0.272. The van der Waals surface area contributed by atoms with Crippen molar-refractivity contribution in [2.45, 2.75) is 6.42 Å². The Kier molecular flexibility index (Phi) is 4.28. The Morgan fingerprint density at radius 3 is 2.70 bits per heavy atom. The van der Waals surface area contributed by atoms with Gasteiger partial charge in [-0.2, -0.15) is 5.26 Å². The van der Waals surface area contributed by atoms with Gasteiger partial charge in [0.1, 0.15) is 6.61 Å². The van der Waals surface area contributed by atoms with Crippen LogP contribution in [0.3, 0.4) is 0 Å². The zero-order chi connectivity index (χ0) is 7.98. The largest absolute Gasteiger partial charge is 0.579 e. The molecule has 0 aromatic rings. The molecule has 0 fully saturated rings. The van der Waals surface area contributed by atoms with Crippen LogP contribution in [-0.2, 0) is 4.74 Å². The van der Waals surface area contributed by atoms with Crippen LogP contribution >= 0.6 is 0 Å². The summed E-state index contributed by atoms with van der Waals surface area (Å²) in [6, 6.07) is 1.72. The van der Waals surface area contributed by atoms with Gasteiger partial charge in [-0.05, 0) is 0 Å². The Bertz CT molecular complexity index is 152. The lowest BCUT2D eigenvalue weighted by molar-refractivity contribution is 0.164. The van der Waals surface area contributed by atoms with Gasteiger partial charge in [0.15, 0.2) is 0 Å². The minimum atomic E-state index is -2.10. The maximum atomic E-state index is 10.2. The van der Waals surface area contributed by atoms with E-state index in [0.29, 0.717) is 0 Å². The summed E-state index contributed by atoms with van der Waals surface area (Å²) in [4.78, 5) is 10.2. The van der Waals surface area contributed by atoms with Crippen molar-refractivity contribution < 1.29 is 19.6 Å². The molecule has 2 N–H and O–H groups in total. The van der Waals surface area contributed by atoms with E-state index in [-0.39, 0.29) is 13.0 Å². The Morgan fingerprint density at radius 2 is 2.30 bits per heavy atom. The Morgan fingerprint density at radius 1 is 1.70 bits per heavy atom. The van der Waals surface area contributed by atoms with Gasteiger partial charge in [-0.3, -0.25) is 4.79 Å². The topological polar surface area (TPSA) is 90.5 Å². The predicted molar refractivity (Wildman–Crippen MR) is 31.8 cm³/mol. The van der Waals surface area contributed by atoms with Crippen LogP contribution in [0, 0.1) is 11.3 Å². The Hall–Kier alpha value is -1.06. The molecule has 54 valence electrons. The number of nitrogens with zero attached hydrogens (tertiary/aromatic N) is 1. The number of rotatable bonds is 3. The van der Waals surface area contributed by atoms with Crippen molar-refractivity contribution in [1.29, 1.82) is 5.26 Å². The second-order valence-corrected chi connectivity index (χ2v) is 1.45. The third-order valence-corrected chi connectivity index (χ3v) is 0.669. The van der Waals surface area contributed by atoms with E-state index in [1.807, 2.05) is 0 Å². The minimum absolute atomic E-state index is 0.0540. The molecule has 0 radical (unpaired) electrons. The van der Waals surface area contributed by atoms with Gasteiger partial charge >= 0.3 is 13.0 Å². The first-order chi connectivity index (χ1) is 4.68. The standard InChI is InChI=1S/C4H6BNO4/c6-2-1-3-10-4(7)5(8)9/h8-9H,1,3H2. The normalized spacial score (nSPS) is 8.10. The molecule has 0 aliphatic heterocycles. The van der Waals surface area contributed by atoms with E-state index in [1.165, 1.54) is 0 Å². The highest BCUT2D eigenvalue weighted by Gasteiger charge is 2.20. The summed E-state index contributed by atoms with van der Waals surface area (Å²) >= 11 is 0. The second-order valence-electron chi connectivity index (χ2n) is 1.45. The van der Waals surface area contributed by atoms with Gasteiger partial charge in [0, 0.05) is 0 Å². The summed E-state index contributed by atoms with van der Waals surface area (Å²) in [6.45, 7) is -0.104. The quantitative estimate of drug-likeness (QED) is 0.394. The average molecular weight is 143 g/mol. The fourth-order valence-corrected chi connectivity index (χ4v) is 0.272. The van der Waals surface area contributed by atoms with Crippen molar-refractivity contribution in [2.24, 2.45) is 0 Å². The van der Waals surface area contributed by atoms with Crippen LogP contribution in [0.1, 0.15) is 6.42 Å². The maximum absolute atomic E-state index is 10.2. The van der Waals surface area contributed by atoms with E-state index in [1.54, 1.807) is 6.07 Å². The summed E-state index contributed by atoms with van der Waals surface area (Å²) in [7, 11) is -2.10. The van der Waals surface area contributed by atoms with Crippen LogP contribution in [0.4, 0.5) is 4.79 Å². The van der Waals surface area contributed by atoms with Crippen LogP contribution in [-0.4, -0.2) is 29.6 Å². The van der Waals surface area contributed by atoms with Gasteiger partial charge in [0.05, 0.1) is 12.5 Å². The number of carbonyl (C=O) groups is 1. The van der Waals surface area contributed by atoms with E-state index in [4.69, 9.17) is 15.3 Å². The average Bonchev–Trinajstić information content (AvgIpc) is 1.88. The Labute approximate surface area is 58.0 Å². The summed E-state index contributed by atoms with van der Waals surface area (Å²) in [5, 5.41) is 24.2. The van der Waals surface area contributed by atoms with Gasteiger partial charge in [0.25, 0.3) is 0 Å². The van der Waals surface area contributed by atoms with Crippen LogP contribution in [0.15, 0.2) is 0 Å². The molecule has 10 heavy (non-hydrogen) atoms. The van der Waals surface area contributed by atoms with E-state index in [0.717, 1.165) is 0 Å². The lowest BCUT2D eigenvalue weighted by Gasteiger charge is -1.98. The Balaban J connectivity index is 3.33. The molecule has 6 heteroatoms. The number of hydrogen-bond acceptors (Lipinski definition) is 5. The molecule has 0 atom stereocenters. The summed E-state index contributed by atoms with van der Waals surface area (Å²) in [5.74, 6) is -1.13. The molecule has 0 aromatic heterocycles. The summed E-state index contributed by atoms with van der Waals surface area (Å²) < 4.78 is 4.18. The lowest BCUT2D eigenvalue weighted by Crippen LogP contribution is -2.26. The zero-order valence-electron chi connectivity index (χ0n) is 5.15. The smallest absolute Gasteiger partial charge is 0.468 e. The van der Waals surface area contributed by atoms with E-state index >= 15 is 0 Å². The van der Waals surface area contributed by atoms with Gasteiger partial charge in [-0.25, -0.2) is 0 Å². The molecule has 0 saturated carbocycles. The van der Waals surface area contributed by atoms with Crippen molar-refractivity contribution in [3.63, 3.8) is 0 Å². The molecule has 0 aliphatic rings. The van der Waals surface area contributed by atoms with E-state index in [2.05, 4.69) is 4.74 Å². The van der Waals surface area contributed by atoms with Gasteiger partial charge in [-0.15, -0.1) is 0 Å². The fraction of sp³-hybridized carbons (Fsp3) is 0.500. The molecule has 0 amide bonds. The number of ether oxygens (including phenoxy) is 1. The molecular formula is C4H6BNO4. The maximum Gasteiger partial charge on any atom is 0.579 e. The van der Waals surface area contributed by atoms with E-state index in [9.17, 15) is 4.79 Å². The van der Waals surface area contributed by atoms with Gasteiger partial charge < -0.3 is 14.8 Å². The van der Waals surface area contributed by atoms with Crippen molar-refractivity contribution >= 4 is 13.0 Å². The highest BCUT2D eigenvalue weighted by Crippen LogP contribution is 1.85. The van der Waals surface area contributed by atoms with Crippen molar-refractivity contribution in [3.05, 3.63) is 0 Å². The second kappa shape index (κ2) is 4.79. The molecule has 0 heterocycles. The van der Waals surface area contributed by atoms with Crippen LogP contribution < -0.4 is 0 Å². The molecule has 0 saturated heterocycles. The third kappa shape index (κ3) is 3.89. The summed E-state index contributed by atoms with van der Waals surface area (Å²) in [5.41, 5.74) is 0. The number of carbonyl (C=O) groups excluding carboxylic acids is 1. The first-order valence-corrected chi connectivity index (χ1v) is 2.58. The van der Waals surface area contributed by atoms with Crippen molar-refractivity contribution in [1.82, 2.24) is 0 Å². The molecule has 0 spiro atoms. The summed E-state index contributed by atoms with van der Waals surface area (Å²) in [6.07, 6.45) is 0.0540. The first-order valence-electron chi connectivity index (χ1n) is 2.58. The molecule has 0 bridgehead atoms. The van der Waals surface area contributed by atoms with Gasteiger partial charge in [0.2, 0.25) is 0 Å². The molecule has 0 aromatic carbocycles. The molecule has 0 unspecified atom stereocenters. The lowest BCUT2D eigenvalue weighted by atomic mass is 9.93. The van der Waals surface area contributed by atoms with Crippen LogP contribution in [0.25, 0.3) is 0 Å². The van der Waals surface area contributed by atoms with Gasteiger partial charge in [-0.1, -0.05) is 0 Å². The van der Waals surface area contributed by atoms with Crippen molar-refractivity contribution in [2.75, 3.05) is 6.61 Å². The monoisotopic (exact) mass is 143 g/mol. The highest BCUT2D eigenvalue weighted by atomic mass is 16.6. The number of nitriles is 1. The molecule has 0 aliphatic carbocycles. The zero-order valence-corrected chi connectivity index (χ0v) is 5.15. The van der Waals surface area contributed by atoms with Crippen molar-refractivity contribution in [3.8, 4) is 6.07 Å². The van der Waals surface area contributed by atoms with Crippen LogP contribution in [0.5, 0.6) is 0 Å². The SMILES string of the molecule is N#CCCOC(=O)B(O)O. The minimum Gasteiger partial charge on any atom is -0.468 e. The third-order valence-electron chi connectivity index (χ3n) is 0.669. The first kappa shape index (κ1) is 8.94. The molecule has 5 nitrogen and oxygen atoms in total. The number of hydrogen-bond donors (Lipinski definition) is 2. The van der Waals surface area contributed by atoms with Crippen LogP contribution in [0.2, 0.25) is 0 Å². The molecule has 0 rings (SSSR count). The predicted octanol–water partition coefficient (Wildman–Crippen LogP) is -0.909. The molecular weight excluding hydrogens is 137 g/mol. The van der Waals surface area contributed by atoms with E-state index < -0.39 is 13.0 Å². The highest BCUT2D eigenvalue weighted by molar-refractivity contribution is 6.76.